The number of hydrogen-bond donors (Lipinski definition) is 1. The normalized spacial score (nSPS) is 15.3. The van der Waals surface area contributed by atoms with Crippen molar-refractivity contribution in [3.63, 3.8) is 0 Å². The molecule has 1 aromatic carbocycles. The SMILES string of the molecule is CCNC(CC)c1ccc(-c2ccc3c(c2)CCC3)s1. The fraction of sp³-hybridized carbons (Fsp3) is 0.444. The molecule has 0 bridgehead atoms. The average Bonchev–Trinajstić information content (AvgIpc) is 3.12. The third-order valence-corrected chi connectivity index (χ3v) is 5.46. The average molecular weight is 285 g/mol. The van der Waals surface area contributed by atoms with Crippen molar-refractivity contribution in [3.8, 4) is 10.4 Å². The summed E-state index contributed by atoms with van der Waals surface area (Å²) in [7, 11) is 0. The Hall–Kier alpha value is -1.12. The Bertz CT molecular complexity index is 585. The molecule has 1 atom stereocenters. The maximum Gasteiger partial charge on any atom is 0.0412 e. The van der Waals surface area contributed by atoms with Crippen molar-refractivity contribution in [3.05, 3.63) is 46.3 Å². The molecular formula is C18H23NS. The van der Waals surface area contributed by atoms with Crippen molar-refractivity contribution in [2.24, 2.45) is 0 Å². The first-order valence-electron chi connectivity index (χ1n) is 7.77. The maximum absolute atomic E-state index is 3.57. The summed E-state index contributed by atoms with van der Waals surface area (Å²) < 4.78 is 0. The number of hydrogen-bond acceptors (Lipinski definition) is 2. The van der Waals surface area contributed by atoms with E-state index in [1.165, 1.54) is 34.6 Å². The summed E-state index contributed by atoms with van der Waals surface area (Å²) >= 11 is 1.94. The molecule has 0 amide bonds. The highest BCUT2D eigenvalue weighted by molar-refractivity contribution is 7.15. The molecule has 1 unspecified atom stereocenters. The third kappa shape index (κ3) is 2.68. The van der Waals surface area contributed by atoms with Gasteiger partial charge in [-0.2, -0.15) is 0 Å². The first-order valence-corrected chi connectivity index (χ1v) is 8.58. The Balaban J connectivity index is 1.86. The number of aryl methyl sites for hydroxylation is 2. The second-order valence-corrected chi connectivity index (χ2v) is 6.67. The van der Waals surface area contributed by atoms with Gasteiger partial charge in [0.25, 0.3) is 0 Å². The third-order valence-electron chi connectivity index (χ3n) is 4.21. The first kappa shape index (κ1) is 13.8. The Morgan fingerprint density at radius 1 is 1.10 bits per heavy atom. The minimum atomic E-state index is 0.508. The second-order valence-electron chi connectivity index (χ2n) is 5.56. The number of nitrogens with one attached hydrogen (secondary N) is 1. The highest BCUT2D eigenvalue weighted by Crippen LogP contribution is 2.34. The van der Waals surface area contributed by atoms with E-state index < -0.39 is 0 Å². The van der Waals surface area contributed by atoms with Crippen LogP contribution in [0, 0.1) is 0 Å². The topological polar surface area (TPSA) is 12.0 Å². The van der Waals surface area contributed by atoms with Gasteiger partial charge in [0.15, 0.2) is 0 Å². The van der Waals surface area contributed by atoms with Crippen molar-refractivity contribution >= 4 is 11.3 Å². The van der Waals surface area contributed by atoms with Crippen LogP contribution in [0.4, 0.5) is 0 Å². The lowest BCUT2D eigenvalue weighted by atomic mass is 10.1. The Morgan fingerprint density at radius 3 is 2.75 bits per heavy atom. The van der Waals surface area contributed by atoms with Crippen LogP contribution in [0.5, 0.6) is 0 Å². The smallest absolute Gasteiger partial charge is 0.0412 e. The lowest BCUT2D eigenvalue weighted by Crippen LogP contribution is -2.18. The number of thiophene rings is 1. The minimum absolute atomic E-state index is 0.508. The van der Waals surface area contributed by atoms with E-state index in [-0.39, 0.29) is 0 Å². The van der Waals surface area contributed by atoms with E-state index in [0.29, 0.717) is 6.04 Å². The van der Waals surface area contributed by atoms with Crippen LogP contribution in [0.3, 0.4) is 0 Å². The van der Waals surface area contributed by atoms with Gasteiger partial charge in [0.2, 0.25) is 0 Å². The van der Waals surface area contributed by atoms with Gasteiger partial charge in [-0.3, -0.25) is 0 Å². The van der Waals surface area contributed by atoms with Gasteiger partial charge in [-0.05, 0) is 61.1 Å². The van der Waals surface area contributed by atoms with Crippen molar-refractivity contribution in [1.82, 2.24) is 5.32 Å². The summed E-state index contributed by atoms with van der Waals surface area (Å²) in [4.78, 5) is 2.87. The van der Waals surface area contributed by atoms with Crippen molar-refractivity contribution in [2.75, 3.05) is 6.54 Å². The molecule has 0 radical (unpaired) electrons. The molecule has 1 N–H and O–H groups in total. The molecule has 1 aliphatic rings. The van der Waals surface area contributed by atoms with E-state index in [4.69, 9.17) is 0 Å². The van der Waals surface area contributed by atoms with Crippen LogP contribution in [0.2, 0.25) is 0 Å². The van der Waals surface area contributed by atoms with E-state index in [1.54, 1.807) is 11.1 Å². The molecule has 0 saturated heterocycles. The molecule has 106 valence electrons. The Morgan fingerprint density at radius 2 is 1.95 bits per heavy atom. The molecule has 1 aliphatic carbocycles. The standard InChI is InChI=1S/C18H23NS/c1-3-16(19-4-2)18-11-10-17(20-18)15-9-8-13-6-5-7-14(13)12-15/h8-12,16,19H,3-7H2,1-2H3. The zero-order valence-electron chi connectivity index (χ0n) is 12.4. The van der Waals surface area contributed by atoms with Crippen molar-refractivity contribution in [1.29, 1.82) is 0 Å². The number of fused-ring (bicyclic) bond motifs is 1. The summed E-state index contributed by atoms with van der Waals surface area (Å²) in [6.07, 6.45) is 5.00. The van der Waals surface area contributed by atoms with Crippen LogP contribution in [0.1, 0.15) is 48.7 Å². The molecule has 20 heavy (non-hydrogen) atoms. The monoisotopic (exact) mass is 285 g/mol. The maximum atomic E-state index is 3.57. The van der Waals surface area contributed by atoms with Crippen LogP contribution in [-0.2, 0) is 12.8 Å². The van der Waals surface area contributed by atoms with Gasteiger partial charge in [0.1, 0.15) is 0 Å². The lowest BCUT2D eigenvalue weighted by Gasteiger charge is -2.13. The quantitative estimate of drug-likeness (QED) is 0.818. The van der Waals surface area contributed by atoms with Crippen LogP contribution in [0.15, 0.2) is 30.3 Å². The van der Waals surface area contributed by atoms with E-state index in [9.17, 15) is 0 Å². The summed E-state index contributed by atoms with van der Waals surface area (Å²) in [6, 6.07) is 12.1. The molecule has 2 aromatic rings. The number of benzene rings is 1. The van der Waals surface area contributed by atoms with Crippen molar-refractivity contribution < 1.29 is 0 Å². The largest absolute Gasteiger partial charge is 0.310 e. The summed E-state index contributed by atoms with van der Waals surface area (Å²) in [6.45, 7) is 5.46. The van der Waals surface area contributed by atoms with E-state index in [1.807, 2.05) is 11.3 Å². The van der Waals surface area contributed by atoms with Gasteiger partial charge >= 0.3 is 0 Å². The van der Waals surface area contributed by atoms with Gasteiger partial charge < -0.3 is 5.32 Å². The summed E-state index contributed by atoms with van der Waals surface area (Å²) in [5.74, 6) is 0. The van der Waals surface area contributed by atoms with Crippen LogP contribution in [0.25, 0.3) is 10.4 Å². The second kappa shape index (κ2) is 6.11. The van der Waals surface area contributed by atoms with E-state index in [2.05, 4.69) is 49.5 Å². The molecule has 0 fully saturated rings. The molecule has 0 saturated carbocycles. The molecule has 2 heteroatoms. The predicted octanol–water partition coefficient (Wildman–Crippen LogP) is 4.96. The molecular weight excluding hydrogens is 262 g/mol. The van der Waals surface area contributed by atoms with Crippen LogP contribution >= 0.6 is 11.3 Å². The Kier molecular flexibility index (Phi) is 4.23. The molecule has 1 heterocycles. The predicted molar refractivity (Wildman–Crippen MR) is 88.5 cm³/mol. The van der Waals surface area contributed by atoms with Crippen LogP contribution in [-0.4, -0.2) is 6.54 Å². The molecule has 1 nitrogen and oxygen atoms in total. The summed E-state index contributed by atoms with van der Waals surface area (Å²) in [5.41, 5.74) is 4.52. The molecule has 3 rings (SSSR count). The van der Waals surface area contributed by atoms with E-state index >= 15 is 0 Å². The summed E-state index contributed by atoms with van der Waals surface area (Å²) in [5, 5.41) is 3.57. The highest BCUT2D eigenvalue weighted by Gasteiger charge is 2.14. The van der Waals surface area contributed by atoms with Gasteiger partial charge in [-0.15, -0.1) is 11.3 Å². The fourth-order valence-corrected chi connectivity index (χ4v) is 4.28. The van der Waals surface area contributed by atoms with E-state index in [0.717, 1.165) is 13.0 Å². The van der Waals surface area contributed by atoms with Gasteiger partial charge in [-0.1, -0.05) is 32.0 Å². The minimum Gasteiger partial charge on any atom is -0.310 e. The lowest BCUT2D eigenvalue weighted by molar-refractivity contribution is 0.545. The Labute approximate surface area is 126 Å². The molecule has 0 aliphatic heterocycles. The fourth-order valence-electron chi connectivity index (χ4n) is 3.11. The highest BCUT2D eigenvalue weighted by atomic mass is 32.1. The zero-order valence-corrected chi connectivity index (χ0v) is 13.2. The van der Waals surface area contributed by atoms with Gasteiger partial charge in [0.05, 0.1) is 0 Å². The number of rotatable bonds is 5. The van der Waals surface area contributed by atoms with Crippen molar-refractivity contribution in [2.45, 2.75) is 45.6 Å². The van der Waals surface area contributed by atoms with Gasteiger partial charge in [-0.25, -0.2) is 0 Å². The molecule has 0 spiro atoms. The first-order chi connectivity index (χ1) is 9.81. The zero-order chi connectivity index (χ0) is 13.9. The van der Waals surface area contributed by atoms with Crippen LogP contribution < -0.4 is 5.32 Å². The van der Waals surface area contributed by atoms with Gasteiger partial charge in [0, 0.05) is 15.8 Å². The molecule has 1 aromatic heterocycles.